The zero-order chi connectivity index (χ0) is 15.7. The van der Waals surface area contributed by atoms with E-state index in [0.29, 0.717) is 0 Å². The van der Waals surface area contributed by atoms with Crippen molar-refractivity contribution >= 4 is 8.10 Å². The first kappa shape index (κ1) is 19.5. The van der Waals surface area contributed by atoms with Crippen molar-refractivity contribution in [2.45, 2.75) is 52.2 Å². The molecule has 0 saturated carbocycles. The fourth-order valence-corrected chi connectivity index (χ4v) is 3.65. The highest BCUT2D eigenvalue weighted by atomic mass is 31.1. The van der Waals surface area contributed by atoms with Gasteiger partial charge < -0.3 is 10.2 Å². The van der Waals surface area contributed by atoms with Gasteiger partial charge in [0.1, 0.15) is 0 Å². The highest BCUT2D eigenvalue weighted by Crippen LogP contribution is 2.38. The monoisotopic (exact) mass is 307 g/mol. The zero-order valence-corrected chi connectivity index (χ0v) is 13.6. The van der Waals surface area contributed by atoms with Gasteiger partial charge in [-0.1, -0.05) is 0 Å². The summed E-state index contributed by atoms with van der Waals surface area (Å²) < 4.78 is 14.5. The summed E-state index contributed by atoms with van der Waals surface area (Å²) in [5.41, 5.74) is 0. The fraction of sp³-hybridized carbons (Fsp3) is 0.917. The maximum absolute atomic E-state index is 12.7. The van der Waals surface area contributed by atoms with E-state index in [-0.39, 0.29) is 38.3 Å². The van der Waals surface area contributed by atoms with Crippen LogP contribution in [0.15, 0.2) is 0 Å². The van der Waals surface area contributed by atoms with Gasteiger partial charge in [0, 0.05) is 12.1 Å². The van der Waals surface area contributed by atoms with E-state index in [2.05, 4.69) is 0 Å². The van der Waals surface area contributed by atoms with Gasteiger partial charge >= 0.3 is 0 Å². The largest absolute Gasteiger partial charge is 0.395 e. The second kappa shape index (κ2) is 10.3. The van der Waals surface area contributed by atoms with E-state index in [1.165, 1.54) is 0 Å². The highest BCUT2D eigenvalue weighted by Gasteiger charge is 2.30. The lowest BCUT2D eigenvalue weighted by Gasteiger charge is -2.36. The van der Waals surface area contributed by atoms with Crippen molar-refractivity contribution in [1.29, 1.82) is 5.26 Å². The van der Waals surface area contributed by atoms with Crippen molar-refractivity contribution in [1.82, 2.24) is 9.50 Å². The average Bonchev–Trinajstić information content (AvgIpc) is 2.37. The molecule has 118 valence electrons. The van der Waals surface area contributed by atoms with Crippen LogP contribution in [-0.4, -0.2) is 57.7 Å². The second-order valence-corrected chi connectivity index (χ2v) is 6.49. The lowest BCUT2D eigenvalue weighted by Crippen LogP contribution is -2.42. The quantitative estimate of drug-likeness (QED) is 0.353. The standard InChI is InChI=1S/C12H26N3O4P/c1-10(2)14(11(3)4)20(18)15(12(8-16)9-17)19-7-5-6-13/h10-12,16-17,20H,5,7-9H2,1-4H3. The Hall–Kier alpha value is -0.480. The molecule has 7 nitrogen and oxygen atoms in total. The second-order valence-electron chi connectivity index (χ2n) is 4.96. The molecule has 0 rings (SSSR count). The van der Waals surface area contributed by atoms with E-state index in [0.717, 1.165) is 4.83 Å². The van der Waals surface area contributed by atoms with Crippen LogP contribution in [0, 0.1) is 11.3 Å². The summed E-state index contributed by atoms with van der Waals surface area (Å²) in [6, 6.07) is 1.23. The van der Waals surface area contributed by atoms with E-state index >= 15 is 0 Å². The Balaban J connectivity index is 5.07. The molecule has 0 amide bonds. The molecular weight excluding hydrogens is 281 g/mol. The van der Waals surface area contributed by atoms with Crippen molar-refractivity contribution in [3.63, 3.8) is 0 Å². The SMILES string of the molecule is CC(C)N(C(C)C)[PH](=O)N(OCCC#N)C(CO)CO. The summed E-state index contributed by atoms with van der Waals surface area (Å²) in [6.45, 7) is 7.01. The molecule has 0 aromatic heterocycles. The average molecular weight is 307 g/mol. The van der Waals surface area contributed by atoms with Crippen LogP contribution >= 0.6 is 8.10 Å². The van der Waals surface area contributed by atoms with Gasteiger partial charge in [0.05, 0.1) is 38.4 Å². The third-order valence-electron chi connectivity index (χ3n) is 2.72. The molecular formula is C12H26N3O4P. The van der Waals surface area contributed by atoms with Crippen molar-refractivity contribution < 1.29 is 19.6 Å². The van der Waals surface area contributed by atoms with E-state index in [1.807, 2.05) is 33.8 Å². The molecule has 1 unspecified atom stereocenters. The third-order valence-corrected chi connectivity index (χ3v) is 5.07. The Kier molecular flexibility index (Phi) is 10.0. The number of aliphatic hydroxyl groups excluding tert-OH is 2. The van der Waals surface area contributed by atoms with Gasteiger partial charge in [-0.2, -0.15) is 5.26 Å². The molecule has 0 aliphatic heterocycles. The van der Waals surface area contributed by atoms with Gasteiger partial charge in [-0.05, 0) is 27.7 Å². The predicted octanol–water partition coefficient (Wildman–Crippen LogP) is 0.995. The van der Waals surface area contributed by atoms with Crippen molar-refractivity contribution in [2.24, 2.45) is 0 Å². The van der Waals surface area contributed by atoms with Crippen molar-refractivity contribution in [3.05, 3.63) is 0 Å². The Morgan fingerprint density at radius 1 is 1.20 bits per heavy atom. The molecule has 8 heteroatoms. The van der Waals surface area contributed by atoms with E-state index in [9.17, 15) is 14.8 Å². The molecule has 2 N–H and O–H groups in total. The lowest BCUT2D eigenvalue weighted by atomic mass is 10.3. The molecule has 0 saturated heterocycles. The first-order chi connectivity index (χ1) is 9.40. The van der Waals surface area contributed by atoms with Crippen LogP contribution in [0.1, 0.15) is 34.1 Å². The van der Waals surface area contributed by atoms with Crippen LogP contribution in [-0.2, 0) is 9.40 Å². The van der Waals surface area contributed by atoms with Gasteiger partial charge in [-0.15, -0.1) is 4.83 Å². The summed E-state index contributed by atoms with van der Waals surface area (Å²) >= 11 is 0. The smallest absolute Gasteiger partial charge is 0.228 e. The number of nitrogens with zero attached hydrogens (tertiary/aromatic N) is 3. The molecule has 0 aromatic rings. The van der Waals surface area contributed by atoms with Crippen molar-refractivity contribution in [2.75, 3.05) is 19.8 Å². The van der Waals surface area contributed by atoms with Gasteiger partial charge in [0.2, 0.25) is 8.10 Å². The van der Waals surface area contributed by atoms with E-state index in [1.54, 1.807) is 4.67 Å². The van der Waals surface area contributed by atoms with Gasteiger partial charge in [0.25, 0.3) is 0 Å². The minimum atomic E-state index is -2.50. The Bertz CT molecular complexity index is 321. The van der Waals surface area contributed by atoms with E-state index in [4.69, 9.17) is 10.1 Å². The molecule has 0 radical (unpaired) electrons. The summed E-state index contributed by atoms with van der Waals surface area (Å²) in [5.74, 6) is 0. The predicted molar refractivity (Wildman–Crippen MR) is 77.1 cm³/mol. The van der Waals surface area contributed by atoms with Gasteiger partial charge in [-0.25, -0.2) is 4.67 Å². The number of nitriles is 1. The van der Waals surface area contributed by atoms with Crippen LogP contribution in [0.2, 0.25) is 0 Å². The summed E-state index contributed by atoms with van der Waals surface area (Å²) in [4.78, 5) is 6.51. The van der Waals surface area contributed by atoms with Crippen LogP contribution in [0.5, 0.6) is 0 Å². The normalized spacial score (nSPS) is 13.7. The molecule has 0 aromatic carbocycles. The maximum atomic E-state index is 12.7. The van der Waals surface area contributed by atoms with Crippen LogP contribution in [0.25, 0.3) is 0 Å². The lowest BCUT2D eigenvalue weighted by molar-refractivity contribution is -0.133. The van der Waals surface area contributed by atoms with Crippen LogP contribution in [0.3, 0.4) is 0 Å². The Morgan fingerprint density at radius 2 is 1.70 bits per heavy atom. The zero-order valence-electron chi connectivity index (χ0n) is 12.6. The molecule has 0 heterocycles. The minimum Gasteiger partial charge on any atom is -0.395 e. The molecule has 0 aliphatic rings. The molecule has 0 spiro atoms. The van der Waals surface area contributed by atoms with Gasteiger partial charge in [-0.3, -0.25) is 9.40 Å². The topological polar surface area (TPSA) is 97.0 Å². The Labute approximate surface area is 121 Å². The Morgan fingerprint density at radius 3 is 2.05 bits per heavy atom. The third kappa shape index (κ3) is 5.88. The maximum Gasteiger partial charge on any atom is 0.228 e. The number of hydrogen-bond acceptors (Lipinski definition) is 5. The molecule has 1 atom stereocenters. The molecule has 0 aliphatic carbocycles. The number of hydrogen-bond donors (Lipinski definition) is 2. The first-order valence-electron chi connectivity index (χ1n) is 6.73. The summed E-state index contributed by atoms with van der Waals surface area (Å²) in [6.07, 6.45) is 0.151. The van der Waals surface area contributed by atoms with Gasteiger partial charge in [0.15, 0.2) is 0 Å². The minimum absolute atomic E-state index is 0.0292. The van der Waals surface area contributed by atoms with Crippen LogP contribution in [0.4, 0.5) is 0 Å². The molecule has 0 bridgehead atoms. The van der Waals surface area contributed by atoms with E-state index < -0.39 is 14.1 Å². The summed E-state index contributed by atoms with van der Waals surface area (Å²) in [7, 11) is -2.50. The first-order valence-corrected chi connectivity index (χ1v) is 8.04. The fourth-order valence-electron chi connectivity index (χ4n) is 1.86. The van der Waals surface area contributed by atoms with Crippen molar-refractivity contribution in [3.8, 4) is 6.07 Å². The molecule has 20 heavy (non-hydrogen) atoms. The molecule has 0 fully saturated rings. The number of hydroxylamine groups is 1. The summed E-state index contributed by atoms with van der Waals surface area (Å²) in [5, 5.41) is 27.1. The number of aliphatic hydroxyl groups is 2. The number of rotatable bonds is 10. The highest BCUT2D eigenvalue weighted by molar-refractivity contribution is 7.39. The van der Waals surface area contributed by atoms with Crippen LogP contribution < -0.4 is 0 Å².